The molecule has 1 aliphatic heterocycles. The van der Waals surface area contributed by atoms with Gasteiger partial charge in [-0.05, 0) is 12.1 Å². The van der Waals surface area contributed by atoms with Gasteiger partial charge in [0.1, 0.15) is 0 Å². The molecule has 0 aromatic carbocycles. The standard InChI is InChI=1S/C14H10F3N3/c15-14(16,17)12-4-10(5-19-8-12)9-3-11-6-18-2-1-13(11)20-7-9/h3-8H,1-2H2. The molecule has 20 heavy (non-hydrogen) atoms. The van der Waals surface area contributed by atoms with Crippen LogP contribution in [0.2, 0.25) is 0 Å². The summed E-state index contributed by atoms with van der Waals surface area (Å²) in [4.78, 5) is 12.1. The topological polar surface area (TPSA) is 38.1 Å². The SMILES string of the molecule is FC(F)(F)c1cncc(-c2cnc3c(c2)C=NCC3)c1. The van der Waals surface area contributed by atoms with Crippen LogP contribution in [0.15, 0.2) is 35.7 Å². The summed E-state index contributed by atoms with van der Waals surface area (Å²) in [6, 6.07) is 2.87. The van der Waals surface area contributed by atoms with Crippen LogP contribution in [0, 0.1) is 0 Å². The van der Waals surface area contributed by atoms with E-state index in [9.17, 15) is 13.2 Å². The van der Waals surface area contributed by atoms with Gasteiger partial charge in [-0.3, -0.25) is 15.0 Å². The minimum absolute atomic E-state index is 0.397. The van der Waals surface area contributed by atoms with Crippen molar-refractivity contribution in [3.63, 3.8) is 0 Å². The van der Waals surface area contributed by atoms with E-state index in [0.717, 1.165) is 29.9 Å². The Morgan fingerprint density at radius 2 is 1.80 bits per heavy atom. The first-order valence-electron chi connectivity index (χ1n) is 6.05. The number of fused-ring (bicyclic) bond motifs is 1. The first-order valence-corrected chi connectivity index (χ1v) is 6.05. The smallest absolute Gasteiger partial charge is 0.292 e. The molecule has 0 N–H and O–H groups in total. The van der Waals surface area contributed by atoms with Gasteiger partial charge >= 0.3 is 6.18 Å². The molecule has 0 fully saturated rings. The van der Waals surface area contributed by atoms with E-state index in [1.54, 1.807) is 18.5 Å². The van der Waals surface area contributed by atoms with Gasteiger partial charge in [0.25, 0.3) is 0 Å². The van der Waals surface area contributed by atoms with Crippen molar-refractivity contribution in [2.24, 2.45) is 4.99 Å². The highest BCUT2D eigenvalue weighted by Crippen LogP contribution is 2.31. The zero-order valence-electron chi connectivity index (χ0n) is 10.4. The largest absolute Gasteiger partial charge is 0.417 e. The molecule has 1 aliphatic rings. The molecule has 102 valence electrons. The molecule has 2 aromatic rings. The number of hydrogen-bond donors (Lipinski definition) is 0. The van der Waals surface area contributed by atoms with Crippen molar-refractivity contribution in [1.82, 2.24) is 9.97 Å². The third kappa shape index (κ3) is 2.41. The van der Waals surface area contributed by atoms with Crippen LogP contribution in [0.3, 0.4) is 0 Å². The number of nitrogens with zero attached hydrogens (tertiary/aromatic N) is 3. The molecule has 3 heterocycles. The second kappa shape index (κ2) is 4.70. The molecule has 3 nitrogen and oxygen atoms in total. The number of aromatic nitrogens is 2. The lowest BCUT2D eigenvalue weighted by molar-refractivity contribution is -0.137. The van der Waals surface area contributed by atoms with E-state index in [-0.39, 0.29) is 0 Å². The molecule has 0 saturated carbocycles. The van der Waals surface area contributed by atoms with Crippen LogP contribution in [-0.4, -0.2) is 22.7 Å². The maximum atomic E-state index is 12.7. The molecule has 0 bridgehead atoms. The summed E-state index contributed by atoms with van der Waals surface area (Å²) in [5, 5.41) is 0. The van der Waals surface area contributed by atoms with Crippen LogP contribution < -0.4 is 0 Å². The highest BCUT2D eigenvalue weighted by molar-refractivity contribution is 5.84. The van der Waals surface area contributed by atoms with Gasteiger partial charge < -0.3 is 0 Å². The monoisotopic (exact) mass is 277 g/mol. The molecule has 0 spiro atoms. The van der Waals surface area contributed by atoms with Crippen molar-refractivity contribution in [2.45, 2.75) is 12.6 Å². The Bertz CT molecular complexity index is 678. The number of pyridine rings is 2. The van der Waals surface area contributed by atoms with Gasteiger partial charge in [-0.25, -0.2) is 0 Å². The number of alkyl halides is 3. The predicted molar refractivity (Wildman–Crippen MR) is 68.6 cm³/mol. The van der Waals surface area contributed by atoms with E-state index in [1.165, 1.54) is 6.20 Å². The molecule has 0 amide bonds. The lowest BCUT2D eigenvalue weighted by Crippen LogP contribution is -2.07. The summed E-state index contributed by atoms with van der Waals surface area (Å²) < 4.78 is 38.0. The Labute approximate surface area is 113 Å². The van der Waals surface area contributed by atoms with Gasteiger partial charge in [0.05, 0.1) is 11.3 Å². The summed E-state index contributed by atoms with van der Waals surface area (Å²) in [5.74, 6) is 0. The molecule has 6 heteroatoms. The Morgan fingerprint density at radius 1 is 1.00 bits per heavy atom. The van der Waals surface area contributed by atoms with Crippen LogP contribution >= 0.6 is 0 Å². The Balaban J connectivity index is 2.04. The summed E-state index contributed by atoms with van der Waals surface area (Å²) in [6.45, 7) is 0.699. The zero-order chi connectivity index (χ0) is 14.2. The predicted octanol–water partition coefficient (Wildman–Crippen LogP) is 3.14. The molecule has 0 unspecified atom stereocenters. The van der Waals surface area contributed by atoms with Crippen LogP contribution in [-0.2, 0) is 12.6 Å². The molecule has 0 aliphatic carbocycles. The van der Waals surface area contributed by atoms with Crippen LogP contribution in [0.25, 0.3) is 11.1 Å². The molecule has 0 saturated heterocycles. The summed E-state index contributed by atoms with van der Waals surface area (Å²) in [7, 11) is 0. The molecule has 0 atom stereocenters. The highest BCUT2D eigenvalue weighted by atomic mass is 19.4. The first kappa shape index (κ1) is 12.8. The average Bonchev–Trinajstić information content (AvgIpc) is 2.46. The van der Waals surface area contributed by atoms with E-state index in [2.05, 4.69) is 15.0 Å². The normalized spacial score (nSPS) is 14.2. The molecular weight excluding hydrogens is 267 g/mol. The van der Waals surface area contributed by atoms with Crippen molar-refractivity contribution in [1.29, 1.82) is 0 Å². The van der Waals surface area contributed by atoms with Gasteiger partial charge in [-0.15, -0.1) is 0 Å². The lowest BCUT2D eigenvalue weighted by atomic mass is 10.0. The fourth-order valence-corrected chi connectivity index (χ4v) is 2.07. The Morgan fingerprint density at radius 3 is 2.60 bits per heavy atom. The summed E-state index contributed by atoms with van der Waals surface area (Å²) in [5.41, 5.74) is 2.01. The molecular formula is C14H10F3N3. The number of halogens is 3. The fraction of sp³-hybridized carbons (Fsp3) is 0.214. The van der Waals surface area contributed by atoms with Gasteiger partial charge in [-0.1, -0.05) is 0 Å². The third-order valence-electron chi connectivity index (χ3n) is 3.11. The Kier molecular flexibility index (Phi) is 3.00. The van der Waals surface area contributed by atoms with Gasteiger partial charge in [0, 0.05) is 54.5 Å². The molecule has 0 radical (unpaired) electrons. The van der Waals surface area contributed by atoms with Crippen LogP contribution in [0.4, 0.5) is 13.2 Å². The fourth-order valence-electron chi connectivity index (χ4n) is 2.07. The van der Waals surface area contributed by atoms with Crippen molar-refractivity contribution in [2.75, 3.05) is 6.54 Å². The zero-order valence-corrected chi connectivity index (χ0v) is 10.4. The van der Waals surface area contributed by atoms with Crippen molar-refractivity contribution in [3.05, 3.63) is 47.5 Å². The third-order valence-corrected chi connectivity index (χ3v) is 3.11. The van der Waals surface area contributed by atoms with E-state index in [1.807, 2.05) is 0 Å². The summed E-state index contributed by atoms with van der Waals surface area (Å²) >= 11 is 0. The van der Waals surface area contributed by atoms with Gasteiger partial charge in [0.15, 0.2) is 0 Å². The maximum Gasteiger partial charge on any atom is 0.417 e. The van der Waals surface area contributed by atoms with Crippen molar-refractivity contribution in [3.8, 4) is 11.1 Å². The Hall–Kier alpha value is -2.24. The maximum absolute atomic E-state index is 12.7. The van der Waals surface area contributed by atoms with E-state index in [0.29, 0.717) is 17.7 Å². The second-order valence-corrected chi connectivity index (χ2v) is 4.51. The van der Waals surface area contributed by atoms with Crippen LogP contribution in [0.5, 0.6) is 0 Å². The lowest BCUT2D eigenvalue weighted by Gasteiger charge is -2.11. The number of hydrogen-bond acceptors (Lipinski definition) is 3. The van der Waals surface area contributed by atoms with Gasteiger partial charge in [0.2, 0.25) is 0 Å². The number of aliphatic imine (C=N–C) groups is 1. The van der Waals surface area contributed by atoms with Gasteiger partial charge in [-0.2, -0.15) is 13.2 Å². The highest BCUT2D eigenvalue weighted by Gasteiger charge is 2.31. The summed E-state index contributed by atoms with van der Waals surface area (Å²) in [6.07, 6.45) is 1.86. The van der Waals surface area contributed by atoms with Crippen molar-refractivity contribution < 1.29 is 13.2 Å². The van der Waals surface area contributed by atoms with Crippen LogP contribution in [0.1, 0.15) is 16.8 Å². The number of rotatable bonds is 1. The van der Waals surface area contributed by atoms with E-state index in [4.69, 9.17) is 0 Å². The molecule has 3 rings (SSSR count). The van der Waals surface area contributed by atoms with E-state index < -0.39 is 11.7 Å². The van der Waals surface area contributed by atoms with E-state index >= 15 is 0 Å². The van der Waals surface area contributed by atoms with Crippen molar-refractivity contribution >= 4 is 6.21 Å². The second-order valence-electron chi connectivity index (χ2n) is 4.51. The minimum atomic E-state index is -4.40. The average molecular weight is 277 g/mol. The molecule has 2 aromatic heterocycles. The quantitative estimate of drug-likeness (QED) is 0.803. The minimum Gasteiger partial charge on any atom is -0.292 e. The first-order chi connectivity index (χ1) is 9.54.